The SMILES string of the molecule is O=[N+]([O-])c1ccc(Cl)c(-c2nc(-c3ccccc3OC(F)F)no2)c1. The molecule has 3 rings (SSSR count). The number of nitro groups is 1. The normalized spacial score (nSPS) is 10.9. The Labute approximate surface area is 143 Å². The van der Waals surface area contributed by atoms with Gasteiger partial charge in [0.15, 0.2) is 0 Å². The number of hydrogen-bond acceptors (Lipinski definition) is 6. The van der Waals surface area contributed by atoms with Gasteiger partial charge < -0.3 is 9.26 Å². The molecule has 0 amide bonds. The summed E-state index contributed by atoms with van der Waals surface area (Å²) in [5.41, 5.74) is 0.127. The van der Waals surface area contributed by atoms with Gasteiger partial charge in [0, 0.05) is 12.1 Å². The summed E-state index contributed by atoms with van der Waals surface area (Å²) in [5.74, 6) is -0.237. The van der Waals surface area contributed by atoms with Gasteiger partial charge in [0.05, 0.1) is 21.1 Å². The topological polar surface area (TPSA) is 91.3 Å². The molecule has 10 heteroatoms. The van der Waals surface area contributed by atoms with Crippen LogP contribution in [0.5, 0.6) is 5.75 Å². The van der Waals surface area contributed by atoms with Crippen LogP contribution >= 0.6 is 11.6 Å². The largest absolute Gasteiger partial charge is 0.434 e. The van der Waals surface area contributed by atoms with Crippen LogP contribution in [0.3, 0.4) is 0 Å². The first kappa shape index (κ1) is 16.8. The molecule has 3 aromatic rings. The standard InChI is InChI=1S/C15H8ClF2N3O4/c16-11-6-5-8(21(22)23)7-10(11)14-19-13(20-25-14)9-3-1-2-4-12(9)24-15(17)18/h1-7,15H. The average molecular weight is 368 g/mol. The van der Waals surface area contributed by atoms with Crippen molar-refractivity contribution < 1.29 is 23.0 Å². The van der Waals surface area contributed by atoms with Gasteiger partial charge in [-0.05, 0) is 18.2 Å². The minimum atomic E-state index is -3.02. The Bertz CT molecular complexity index is 933. The van der Waals surface area contributed by atoms with E-state index in [2.05, 4.69) is 14.9 Å². The minimum Gasteiger partial charge on any atom is -0.434 e. The number of alkyl halides is 2. The molecule has 128 valence electrons. The molecule has 0 unspecified atom stereocenters. The van der Waals surface area contributed by atoms with Gasteiger partial charge in [-0.15, -0.1) is 0 Å². The Morgan fingerprint density at radius 3 is 2.68 bits per heavy atom. The second kappa shape index (κ2) is 6.81. The zero-order valence-corrected chi connectivity index (χ0v) is 13.0. The Morgan fingerprint density at radius 1 is 1.20 bits per heavy atom. The van der Waals surface area contributed by atoms with Crippen LogP contribution in [-0.4, -0.2) is 21.7 Å². The first-order chi connectivity index (χ1) is 12.0. The molecule has 1 heterocycles. The molecule has 0 fully saturated rings. The number of benzene rings is 2. The molecule has 0 N–H and O–H groups in total. The molecule has 2 aromatic carbocycles. The highest BCUT2D eigenvalue weighted by Crippen LogP contribution is 2.34. The number of para-hydroxylation sites is 1. The Morgan fingerprint density at radius 2 is 1.96 bits per heavy atom. The van der Waals surface area contributed by atoms with Crippen LogP contribution in [0.25, 0.3) is 22.8 Å². The third-order valence-corrected chi connectivity index (χ3v) is 3.49. The van der Waals surface area contributed by atoms with Crippen LogP contribution in [0.2, 0.25) is 5.02 Å². The van der Waals surface area contributed by atoms with Crippen molar-refractivity contribution in [3.63, 3.8) is 0 Å². The number of non-ortho nitro benzene ring substituents is 1. The van der Waals surface area contributed by atoms with Gasteiger partial charge in [-0.1, -0.05) is 28.9 Å². The number of nitro benzene ring substituents is 1. The van der Waals surface area contributed by atoms with E-state index in [9.17, 15) is 18.9 Å². The van der Waals surface area contributed by atoms with Crippen molar-refractivity contribution in [1.82, 2.24) is 10.1 Å². The van der Waals surface area contributed by atoms with E-state index in [0.717, 1.165) is 0 Å². The summed E-state index contributed by atoms with van der Waals surface area (Å²) in [4.78, 5) is 14.4. The monoisotopic (exact) mass is 367 g/mol. The smallest absolute Gasteiger partial charge is 0.387 e. The molecule has 0 aliphatic rings. The van der Waals surface area contributed by atoms with E-state index in [-0.39, 0.29) is 39.3 Å². The Hall–Kier alpha value is -3.07. The third-order valence-electron chi connectivity index (χ3n) is 3.16. The highest BCUT2D eigenvalue weighted by Gasteiger charge is 2.20. The first-order valence-corrected chi connectivity index (χ1v) is 7.15. The summed E-state index contributed by atoms with van der Waals surface area (Å²) in [6, 6.07) is 9.64. The summed E-state index contributed by atoms with van der Waals surface area (Å²) in [7, 11) is 0. The Balaban J connectivity index is 2.02. The lowest BCUT2D eigenvalue weighted by Crippen LogP contribution is -2.03. The van der Waals surface area contributed by atoms with E-state index in [1.54, 1.807) is 6.07 Å². The van der Waals surface area contributed by atoms with Crippen molar-refractivity contribution in [2.24, 2.45) is 0 Å². The molecule has 0 aliphatic carbocycles. The van der Waals surface area contributed by atoms with Crippen molar-refractivity contribution in [3.8, 4) is 28.6 Å². The highest BCUT2D eigenvalue weighted by atomic mass is 35.5. The van der Waals surface area contributed by atoms with Gasteiger partial charge >= 0.3 is 6.61 Å². The molecule has 25 heavy (non-hydrogen) atoms. The number of ether oxygens (including phenoxy) is 1. The van der Waals surface area contributed by atoms with Crippen LogP contribution in [-0.2, 0) is 0 Å². The Kier molecular flexibility index (Phi) is 4.57. The zero-order chi connectivity index (χ0) is 18.0. The van der Waals surface area contributed by atoms with Crippen LogP contribution < -0.4 is 4.74 Å². The van der Waals surface area contributed by atoms with Crippen molar-refractivity contribution in [2.45, 2.75) is 6.61 Å². The number of aromatic nitrogens is 2. The van der Waals surface area contributed by atoms with E-state index in [1.807, 2.05) is 0 Å². The van der Waals surface area contributed by atoms with Gasteiger partial charge in [0.2, 0.25) is 5.82 Å². The molecule has 1 aromatic heterocycles. The van der Waals surface area contributed by atoms with Crippen molar-refractivity contribution in [2.75, 3.05) is 0 Å². The first-order valence-electron chi connectivity index (χ1n) is 6.78. The molecule has 0 bridgehead atoms. The van der Waals surface area contributed by atoms with Gasteiger partial charge in [-0.25, -0.2) is 0 Å². The lowest BCUT2D eigenvalue weighted by molar-refractivity contribution is -0.384. The van der Waals surface area contributed by atoms with E-state index < -0.39 is 11.5 Å². The molecular formula is C15H8ClF2N3O4. The fourth-order valence-electron chi connectivity index (χ4n) is 2.08. The molecule has 0 saturated carbocycles. The predicted molar refractivity (Wildman–Crippen MR) is 83.5 cm³/mol. The second-order valence-corrected chi connectivity index (χ2v) is 5.13. The number of nitrogens with zero attached hydrogens (tertiary/aromatic N) is 3. The minimum absolute atomic E-state index is 0.0196. The molecule has 0 spiro atoms. The van der Waals surface area contributed by atoms with Gasteiger partial charge in [-0.2, -0.15) is 13.8 Å². The maximum Gasteiger partial charge on any atom is 0.387 e. The van der Waals surface area contributed by atoms with Crippen LogP contribution in [0.1, 0.15) is 0 Å². The van der Waals surface area contributed by atoms with E-state index in [4.69, 9.17) is 16.1 Å². The quantitative estimate of drug-likeness (QED) is 0.484. The lowest BCUT2D eigenvalue weighted by Gasteiger charge is -2.07. The predicted octanol–water partition coefficient (Wildman–Crippen LogP) is 4.57. The molecule has 0 saturated heterocycles. The summed E-state index contributed by atoms with van der Waals surface area (Å²) in [5, 5.41) is 14.7. The van der Waals surface area contributed by atoms with Crippen LogP contribution in [0.15, 0.2) is 47.0 Å². The maximum atomic E-state index is 12.5. The summed E-state index contributed by atoms with van der Waals surface area (Å²) >= 11 is 6.02. The average Bonchev–Trinajstić information content (AvgIpc) is 3.04. The molecule has 7 nitrogen and oxygen atoms in total. The summed E-state index contributed by atoms with van der Waals surface area (Å²) < 4.78 is 34.5. The zero-order valence-electron chi connectivity index (χ0n) is 12.2. The van der Waals surface area contributed by atoms with Crippen molar-refractivity contribution >= 4 is 17.3 Å². The third kappa shape index (κ3) is 3.56. The van der Waals surface area contributed by atoms with E-state index in [0.29, 0.717) is 0 Å². The van der Waals surface area contributed by atoms with Crippen LogP contribution in [0.4, 0.5) is 14.5 Å². The summed E-state index contributed by atoms with van der Waals surface area (Å²) in [6.07, 6.45) is 0. The number of hydrogen-bond donors (Lipinski definition) is 0. The van der Waals surface area contributed by atoms with Crippen molar-refractivity contribution in [3.05, 3.63) is 57.6 Å². The highest BCUT2D eigenvalue weighted by molar-refractivity contribution is 6.33. The molecule has 0 radical (unpaired) electrons. The lowest BCUT2D eigenvalue weighted by atomic mass is 10.2. The van der Waals surface area contributed by atoms with Crippen molar-refractivity contribution in [1.29, 1.82) is 0 Å². The number of halogens is 3. The molecular weight excluding hydrogens is 360 g/mol. The summed E-state index contributed by atoms with van der Waals surface area (Å²) in [6.45, 7) is -3.02. The van der Waals surface area contributed by atoms with Gasteiger partial charge in [0.25, 0.3) is 11.6 Å². The fourth-order valence-corrected chi connectivity index (χ4v) is 2.28. The maximum absolute atomic E-state index is 12.5. The second-order valence-electron chi connectivity index (χ2n) is 4.72. The van der Waals surface area contributed by atoms with Gasteiger partial charge in [0.1, 0.15) is 5.75 Å². The van der Waals surface area contributed by atoms with E-state index in [1.165, 1.54) is 36.4 Å². The van der Waals surface area contributed by atoms with Crippen LogP contribution in [0, 0.1) is 10.1 Å². The number of rotatable bonds is 5. The molecule has 0 aliphatic heterocycles. The van der Waals surface area contributed by atoms with E-state index >= 15 is 0 Å². The molecule has 0 atom stereocenters. The van der Waals surface area contributed by atoms with Gasteiger partial charge in [-0.3, -0.25) is 10.1 Å². The fraction of sp³-hybridized carbons (Fsp3) is 0.0667.